The fraction of sp³-hybridized carbons (Fsp3) is 0.529. The van der Waals surface area contributed by atoms with Crippen LogP contribution < -0.4 is 0 Å². The molecule has 0 saturated carbocycles. The summed E-state index contributed by atoms with van der Waals surface area (Å²) >= 11 is 0. The number of hydrogen-bond donors (Lipinski definition) is 0. The predicted octanol–water partition coefficient (Wildman–Crippen LogP) is 0.957. The Kier molecular flexibility index (Phi) is 5.31. The van der Waals surface area contributed by atoms with Crippen LogP contribution in [0.4, 0.5) is 0 Å². The van der Waals surface area contributed by atoms with Crippen molar-refractivity contribution in [1.82, 2.24) is 4.31 Å². The molecule has 0 spiro atoms. The summed E-state index contributed by atoms with van der Waals surface area (Å²) in [5.74, 6) is -1.34. The van der Waals surface area contributed by atoms with Gasteiger partial charge in [0.15, 0.2) is 0 Å². The number of carbonyl (C=O) groups is 2. The Balaban J connectivity index is 1.79. The molecule has 9 heteroatoms. The van der Waals surface area contributed by atoms with Crippen LogP contribution in [0, 0.1) is 0 Å². The van der Waals surface area contributed by atoms with Crippen molar-refractivity contribution in [2.45, 2.75) is 43.5 Å². The Morgan fingerprint density at radius 2 is 1.92 bits per heavy atom. The highest BCUT2D eigenvalue weighted by molar-refractivity contribution is 7.89. The number of hydrogen-bond acceptors (Lipinski definition) is 7. The van der Waals surface area contributed by atoms with E-state index >= 15 is 0 Å². The Morgan fingerprint density at radius 1 is 1.23 bits per heavy atom. The maximum absolute atomic E-state index is 12.9. The lowest BCUT2D eigenvalue weighted by Crippen LogP contribution is -2.48. The van der Waals surface area contributed by atoms with E-state index in [9.17, 15) is 18.0 Å². The molecule has 0 aliphatic carbocycles. The molecule has 2 heterocycles. The molecule has 2 aliphatic rings. The first-order valence-electron chi connectivity index (χ1n) is 8.40. The third kappa shape index (κ3) is 3.89. The molecular formula is C17H21NO7S. The minimum Gasteiger partial charge on any atom is -0.463 e. The summed E-state index contributed by atoms with van der Waals surface area (Å²) in [7, 11) is -3.77. The zero-order valence-corrected chi connectivity index (χ0v) is 15.4. The zero-order chi connectivity index (χ0) is 18.9. The van der Waals surface area contributed by atoms with Crippen LogP contribution in [0.3, 0.4) is 0 Å². The molecule has 142 valence electrons. The van der Waals surface area contributed by atoms with Crippen LogP contribution in [-0.4, -0.2) is 62.7 Å². The van der Waals surface area contributed by atoms with Gasteiger partial charge in [0.1, 0.15) is 0 Å². The normalized spacial score (nSPS) is 27.2. The van der Waals surface area contributed by atoms with Gasteiger partial charge in [0.2, 0.25) is 16.1 Å². The molecule has 1 aromatic carbocycles. The maximum atomic E-state index is 12.9. The lowest BCUT2D eigenvalue weighted by Gasteiger charge is -2.34. The molecule has 2 aliphatic heterocycles. The standard InChI is InChI=1S/C17H21NO7S/c1-11-9-18(10-12(2)24-11)26(21,22)14-5-3-4-13(8-14)16(19)25-15-6-7-23-17(15)20/h3-5,8,11-12,15H,6-7,9-10H2,1-2H3/t11-,12-,15+/m1/s1. The van der Waals surface area contributed by atoms with Gasteiger partial charge in [0, 0.05) is 19.5 Å². The second kappa shape index (κ2) is 7.34. The average molecular weight is 383 g/mol. The molecule has 0 unspecified atom stereocenters. The number of cyclic esters (lactones) is 1. The molecule has 0 radical (unpaired) electrons. The molecule has 8 nitrogen and oxygen atoms in total. The lowest BCUT2D eigenvalue weighted by atomic mass is 10.2. The minimum absolute atomic E-state index is 0.00208. The first kappa shape index (κ1) is 18.8. The number of ether oxygens (including phenoxy) is 3. The van der Waals surface area contributed by atoms with E-state index in [2.05, 4.69) is 0 Å². The van der Waals surface area contributed by atoms with Crippen LogP contribution in [0.25, 0.3) is 0 Å². The van der Waals surface area contributed by atoms with Gasteiger partial charge in [-0.1, -0.05) is 6.07 Å². The third-order valence-electron chi connectivity index (χ3n) is 4.23. The van der Waals surface area contributed by atoms with Crippen molar-refractivity contribution in [1.29, 1.82) is 0 Å². The van der Waals surface area contributed by atoms with Crippen LogP contribution in [0.5, 0.6) is 0 Å². The van der Waals surface area contributed by atoms with Gasteiger partial charge in [0.25, 0.3) is 0 Å². The molecule has 0 N–H and O–H groups in total. The van der Waals surface area contributed by atoms with Crippen LogP contribution >= 0.6 is 0 Å². The Labute approximate surface area is 152 Å². The predicted molar refractivity (Wildman–Crippen MR) is 90.0 cm³/mol. The fourth-order valence-electron chi connectivity index (χ4n) is 3.04. The highest BCUT2D eigenvalue weighted by atomic mass is 32.2. The Hall–Kier alpha value is -1.97. The number of benzene rings is 1. The van der Waals surface area contributed by atoms with E-state index in [1.54, 1.807) is 0 Å². The topological polar surface area (TPSA) is 99.2 Å². The van der Waals surface area contributed by atoms with Gasteiger partial charge in [0.05, 0.1) is 29.3 Å². The van der Waals surface area contributed by atoms with Crippen molar-refractivity contribution in [3.63, 3.8) is 0 Å². The van der Waals surface area contributed by atoms with Gasteiger partial charge in [-0.2, -0.15) is 4.31 Å². The molecule has 26 heavy (non-hydrogen) atoms. The smallest absolute Gasteiger partial charge is 0.347 e. The molecule has 0 amide bonds. The average Bonchev–Trinajstić information content (AvgIpc) is 2.99. The monoisotopic (exact) mass is 383 g/mol. The fourth-order valence-corrected chi connectivity index (χ4v) is 4.68. The van der Waals surface area contributed by atoms with Crippen molar-refractivity contribution in [3.8, 4) is 0 Å². The maximum Gasteiger partial charge on any atom is 0.347 e. The van der Waals surface area contributed by atoms with Gasteiger partial charge >= 0.3 is 11.9 Å². The second-order valence-corrected chi connectivity index (χ2v) is 8.40. The second-order valence-electron chi connectivity index (χ2n) is 6.46. The summed E-state index contributed by atoms with van der Waals surface area (Å²) in [4.78, 5) is 23.7. The summed E-state index contributed by atoms with van der Waals surface area (Å²) in [5, 5.41) is 0. The molecule has 3 rings (SSSR count). The Morgan fingerprint density at radius 3 is 2.54 bits per heavy atom. The number of carbonyl (C=O) groups excluding carboxylic acids is 2. The van der Waals surface area contributed by atoms with E-state index < -0.39 is 28.1 Å². The molecule has 2 saturated heterocycles. The van der Waals surface area contributed by atoms with Crippen molar-refractivity contribution in [2.24, 2.45) is 0 Å². The largest absolute Gasteiger partial charge is 0.463 e. The molecular weight excluding hydrogens is 362 g/mol. The van der Waals surface area contributed by atoms with Gasteiger partial charge in [-0.15, -0.1) is 0 Å². The Bertz CT molecular complexity index is 797. The van der Waals surface area contributed by atoms with Crippen LogP contribution in [0.15, 0.2) is 29.2 Å². The van der Waals surface area contributed by atoms with E-state index in [0.29, 0.717) is 6.42 Å². The summed E-state index contributed by atoms with van der Waals surface area (Å²) in [6.07, 6.45) is -1.07. The third-order valence-corrected chi connectivity index (χ3v) is 6.06. The quantitative estimate of drug-likeness (QED) is 0.714. The first-order chi connectivity index (χ1) is 12.3. The summed E-state index contributed by atoms with van der Waals surface area (Å²) in [5.41, 5.74) is 0.0696. The number of esters is 2. The van der Waals surface area contributed by atoms with Crippen molar-refractivity contribution in [2.75, 3.05) is 19.7 Å². The van der Waals surface area contributed by atoms with E-state index in [4.69, 9.17) is 14.2 Å². The summed E-state index contributed by atoms with van der Waals surface area (Å²) in [6, 6.07) is 5.62. The van der Waals surface area contributed by atoms with E-state index in [0.717, 1.165) is 0 Å². The highest BCUT2D eigenvalue weighted by Crippen LogP contribution is 2.22. The van der Waals surface area contributed by atoms with Crippen LogP contribution in [0.1, 0.15) is 30.6 Å². The molecule has 0 bridgehead atoms. The van der Waals surface area contributed by atoms with Crippen molar-refractivity contribution < 1.29 is 32.2 Å². The van der Waals surface area contributed by atoms with Gasteiger partial charge in [-0.25, -0.2) is 18.0 Å². The van der Waals surface area contributed by atoms with E-state index in [1.807, 2.05) is 13.8 Å². The van der Waals surface area contributed by atoms with Crippen LogP contribution in [-0.2, 0) is 29.0 Å². The first-order valence-corrected chi connectivity index (χ1v) is 9.84. The number of rotatable bonds is 4. The van der Waals surface area contributed by atoms with Gasteiger partial charge < -0.3 is 14.2 Å². The van der Waals surface area contributed by atoms with Crippen molar-refractivity contribution >= 4 is 22.0 Å². The lowest BCUT2D eigenvalue weighted by molar-refractivity contribution is -0.145. The summed E-state index contributed by atoms with van der Waals surface area (Å²) in [6.45, 7) is 4.32. The molecule has 2 fully saturated rings. The summed E-state index contributed by atoms with van der Waals surface area (Å²) < 4.78 is 42.6. The van der Waals surface area contributed by atoms with Gasteiger partial charge in [-0.05, 0) is 32.0 Å². The number of nitrogens with zero attached hydrogens (tertiary/aromatic N) is 1. The van der Waals surface area contributed by atoms with Crippen molar-refractivity contribution in [3.05, 3.63) is 29.8 Å². The molecule has 1 aromatic rings. The minimum atomic E-state index is -3.77. The van der Waals surface area contributed by atoms with E-state index in [-0.39, 0.29) is 42.4 Å². The molecule has 0 aromatic heterocycles. The zero-order valence-electron chi connectivity index (χ0n) is 14.6. The number of morpholine rings is 1. The SMILES string of the molecule is C[C@@H]1CN(S(=O)(=O)c2cccc(C(=O)O[C@H]3CCOC3=O)c2)C[C@@H](C)O1. The van der Waals surface area contributed by atoms with E-state index in [1.165, 1.54) is 28.6 Å². The highest BCUT2D eigenvalue weighted by Gasteiger charge is 2.33. The van der Waals surface area contributed by atoms with Crippen LogP contribution in [0.2, 0.25) is 0 Å². The number of sulfonamides is 1. The van der Waals surface area contributed by atoms with Gasteiger partial charge in [-0.3, -0.25) is 0 Å². The molecule has 3 atom stereocenters.